The molecule has 98 valence electrons. The van der Waals surface area contributed by atoms with E-state index in [0.717, 1.165) is 6.42 Å². The zero-order valence-electron chi connectivity index (χ0n) is 10.8. The third kappa shape index (κ3) is 3.61. The number of carboxylic acid groups (broad SMARTS) is 1. The first-order chi connectivity index (χ1) is 7.95. The second kappa shape index (κ2) is 5.89. The fraction of sp³-hybridized carbons (Fsp3) is 0.833. The van der Waals surface area contributed by atoms with Crippen molar-refractivity contribution in [2.24, 2.45) is 11.8 Å². The van der Waals surface area contributed by atoms with Crippen LogP contribution in [0, 0.1) is 11.8 Å². The van der Waals surface area contributed by atoms with Crippen LogP contribution in [0.15, 0.2) is 0 Å². The van der Waals surface area contributed by atoms with Crippen LogP contribution in [0.5, 0.6) is 0 Å². The molecule has 1 saturated heterocycles. The van der Waals surface area contributed by atoms with E-state index in [-0.39, 0.29) is 6.03 Å². The highest BCUT2D eigenvalue weighted by Gasteiger charge is 2.27. The number of amides is 2. The molecule has 0 saturated carbocycles. The summed E-state index contributed by atoms with van der Waals surface area (Å²) in [5, 5.41) is 11.4. The molecule has 0 spiro atoms. The van der Waals surface area contributed by atoms with Crippen molar-refractivity contribution in [1.82, 2.24) is 10.2 Å². The zero-order chi connectivity index (χ0) is 13.0. The Bertz CT molecular complexity index is 293. The molecule has 0 aromatic rings. The summed E-state index contributed by atoms with van der Waals surface area (Å²) in [4.78, 5) is 24.4. The molecular weight excluding hydrogens is 220 g/mol. The van der Waals surface area contributed by atoms with Gasteiger partial charge in [0.1, 0.15) is 6.04 Å². The van der Waals surface area contributed by atoms with Crippen LogP contribution in [0.4, 0.5) is 4.79 Å². The third-order valence-electron chi connectivity index (χ3n) is 3.63. The summed E-state index contributed by atoms with van der Waals surface area (Å²) in [6.45, 7) is 7.49. The number of carbonyl (C=O) groups excluding carboxylic acids is 1. The normalized spacial score (nSPS) is 26.4. The maximum atomic E-state index is 11.9. The van der Waals surface area contributed by atoms with E-state index in [1.165, 1.54) is 0 Å². The Hall–Kier alpha value is -1.26. The Morgan fingerprint density at radius 2 is 2.06 bits per heavy atom. The van der Waals surface area contributed by atoms with Crippen LogP contribution in [-0.4, -0.2) is 41.1 Å². The van der Waals surface area contributed by atoms with Gasteiger partial charge in [0, 0.05) is 13.1 Å². The first-order valence-corrected chi connectivity index (χ1v) is 6.24. The smallest absolute Gasteiger partial charge is 0.326 e. The lowest BCUT2D eigenvalue weighted by Crippen LogP contribution is -2.51. The molecule has 0 aromatic carbocycles. The SMILES string of the molecule is CC[C@@H](NC(=O)N1CCC(C)C(C)C1)C(=O)O. The van der Waals surface area contributed by atoms with Crippen LogP contribution in [0.1, 0.15) is 33.6 Å². The van der Waals surface area contributed by atoms with Gasteiger partial charge in [-0.1, -0.05) is 20.8 Å². The van der Waals surface area contributed by atoms with Gasteiger partial charge in [0.25, 0.3) is 0 Å². The number of nitrogens with zero attached hydrogens (tertiary/aromatic N) is 1. The van der Waals surface area contributed by atoms with E-state index in [2.05, 4.69) is 19.2 Å². The average Bonchev–Trinajstić information content (AvgIpc) is 2.28. The summed E-state index contributed by atoms with van der Waals surface area (Å²) in [7, 11) is 0. The van der Waals surface area contributed by atoms with Gasteiger partial charge in [-0.25, -0.2) is 9.59 Å². The van der Waals surface area contributed by atoms with Crippen molar-refractivity contribution in [2.45, 2.75) is 39.7 Å². The van der Waals surface area contributed by atoms with Gasteiger partial charge < -0.3 is 15.3 Å². The summed E-state index contributed by atoms with van der Waals surface area (Å²) >= 11 is 0. The molecule has 3 atom stereocenters. The molecule has 1 aliphatic heterocycles. The molecule has 0 aliphatic carbocycles. The zero-order valence-corrected chi connectivity index (χ0v) is 10.8. The van der Waals surface area contributed by atoms with Gasteiger partial charge in [-0.2, -0.15) is 0 Å². The quantitative estimate of drug-likeness (QED) is 0.788. The molecule has 5 heteroatoms. The lowest BCUT2D eigenvalue weighted by molar-refractivity contribution is -0.139. The number of aliphatic carboxylic acids is 1. The van der Waals surface area contributed by atoms with E-state index in [0.29, 0.717) is 31.3 Å². The highest BCUT2D eigenvalue weighted by molar-refractivity contribution is 5.82. The Balaban J connectivity index is 2.50. The predicted octanol–water partition coefficient (Wildman–Crippen LogP) is 1.54. The Morgan fingerprint density at radius 3 is 2.53 bits per heavy atom. The molecule has 0 aromatic heterocycles. The van der Waals surface area contributed by atoms with Gasteiger partial charge >= 0.3 is 12.0 Å². The number of rotatable bonds is 3. The molecule has 0 radical (unpaired) electrons. The lowest BCUT2D eigenvalue weighted by Gasteiger charge is -2.35. The maximum absolute atomic E-state index is 11.9. The summed E-state index contributed by atoms with van der Waals surface area (Å²) in [5.41, 5.74) is 0. The van der Waals surface area contributed by atoms with Crippen LogP contribution < -0.4 is 5.32 Å². The fourth-order valence-corrected chi connectivity index (χ4v) is 2.03. The van der Waals surface area contributed by atoms with Crippen molar-refractivity contribution >= 4 is 12.0 Å². The second-order valence-corrected chi connectivity index (χ2v) is 4.94. The first kappa shape index (κ1) is 13.8. The number of carbonyl (C=O) groups is 2. The molecule has 5 nitrogen and oxygen atoms in total. The van der Waals surface area contributed by atoms with Crippen LogP contribution >= 0.6 is 0 Å². The maximum Gasteiger partial charge on any atom is 0.326 e. The average molecular weight is 242 g/mol. The van der Waals surface area contributed by atoms with E-state index < -0.39 is 12.0 Å². The minimum Gasteiger partial charge on any atom is -0.480 e. The number of piperidine rings is 1. The minimum atomic E-state index is -0.973. The van der Waals surface area contributed by atoms with E-state index in [1.54, 1.807) is 11.8 Å². The topological polar surface area (TPSA) is 69.6 Å². The van der Waals surface area contributed by atoms with Crippen molar-refractivity contribution in [3.8, 4) is 0 Å². The summed E-state index contributed by atoms with van der Waals surface area (Å²) < 4.78 is 0. The summed E-state index contributed by atoms with van der Waals surface area (Å²) in [6, 6.07) is -1.03. The van der Waals surface area contributed by atoms with Crippen LogP contribution in [0.25, 0.3) is 0 Å². The van der Waals surface area contributed by atoms with E-state index in [1.807, 2.05) is 0 Å². The molecule has 1 heterocycles. The Kier molecular flexibility index (Phi) is 4.78. The van der Waals surface area contributed by atoms with Crippen molar-refractivity contribution in [1.29, 1.82) is 0 Å². The van der Waals surface area contributed by atoms with E-state index >= 15 is 0 Å². The Labute approximate surface area is 102 Å². The molecule has 0 bridgehead atoms. The van der Waals surface area contributed by atoms with Crippen molar-refractivity contribution in [3.05, 3.63) is 0 Å². The monoisotopic (exact) mass is 242 g/mol. The van der Waals surface area contributed by atoms with Crippen molar-refractivity contribution in [3.63, 3.8) is 0 Å². The first-order valence-electron chi connectivity index (χ1n) is 6.24. The van der Waals surface area contributed by atoms with Gasteiger partial charge in [0.15, 0.2) is 0 Å². The molecule has 1 aliphatic rings. The second-order valence-electron chi connectivity index (χ2n) is 4.94. The van der Waals surface area contributed by atoms with Gasteiger partial charge in [-0.3, -0.25) is 0 Å². The summed E-state index contributed by atoms with van der Waals surface area (Å²) in [6.07, 6.45) is 1.39. The minimum absolute atomic E-state index is 0.252. The summed E-state index contributed by atoms with van der Waals surface area (Å²) in [5.74, 6) is 0.124. The van der Waals surface area contributed by atoms with Crippen molar-refractivity contribution < 1.29 is 14.7 Å². The van der Waals surface area contributed by atoms with Crippen LogP contribution in [0.3, 0.4) is 0 Å². The predicted molar refractivity (Wildman–Crippen MR) is 64.8 cm³/mol. The van der Waals surface area contributed by atoms with E-state index in [4.69, 9.17) is 5.11 Å². The van der Waals surface area contributed by atoms with Crippen LogP contribution in [-0.2, 0) is 4.79 Å². The van der Waals surface area contributed by atoms with Gasteiger partial charge in [0.05, 0.1) is 0 Å². The fourth-order valence-electron chi connectivity index (χ4n) is 2.03. The van der Waals surface area contributed by atoms with E-state index in [9.17, 15) is 9.59 Å². The highest BCUT2D eigenvalue weighted by Crippen LogP contribution is 2.22. The molecule has 2 unspecified atom stereocenters. The number of carboxylic acids is 1. The lowest BCUT2D eigenvalue weighted by atomic mass is 9.89. The van der Waals surface area contributed by atoms with Gasteiger partial charge in [-0.05, 0) is 24.7 Å². The van der Waals surface area contributed by atoms with Crippen molar-refractivity contribution in [2.75, 3.05) is 13.1 Å². The van der Waals surface area contributed by atoms with Gasteiger partial charge in [0.2, 0.25) is 0 Å². The number of hydrogen-bond acceptors (Lipinski definition) is 2. The molecule has 17 heavy (non-hydrogen) atoms. The largest absolute Gasteiger partial charge is 0.480 e. The molecule has 1 fully saturated rings. The number of hydrogen-bond donors (Lipinski definition) is 2. The number of urea groups is 1. The number of likely N-dealkylation sites (tertiary alicyclic amines) is 1. The highest BCUT2D eigenvalue weighted by atomic mass is 16.4. The molecular formula is C12H22N2O3. The van der Waals surface area contributed by atoms with Crippen LogP contribution in [0.2, 0.25) is 0 Å². The number of nitrogens with one attached hydrogen (secondary N) is 1. The molecule has 2 amide bonds. The standard InChI is InChI=1S/C12H22N2O3/c1-4-10(11(15)16)13-12(17)14-6-5-8(2)9(3)7-14/h8-10H,4-7H2,1-3H3,(H,13,17)(H,15,16)/t8?,9?,10-/m1/s1. The van der Waals surface area contributed by atoms with Gasteiger partial charge in [-0.15, -0.1) is 0 Å². The molecule has 2 N–H and O–H groups in total. The molecule has 1 rings (SSSR count). The third-order valence-corrected chi connectivity index (χ3v) is 3.63. The Morgan fingerprint density at radius 1 is 1.41 bits per heavy atom.